The Morgan fingerprint density at radius 2 is 1.70 bits per heavy atom. The van der Waals surface area contributed by atoms with Gasteiger partial charge < -0.3 is 10.0 Å². The normalized spacial score (nSPS) is 18.4. The Morgan fingerprint density at radius 1 is 1.13 bits per heavy atom. The molecule has 0 spiro atoms. The molecule has 0 saturated carbocycles. The number of hydroxylamine groups is 2. The molecular formula is C16H18N2O5. The highest BCUT2D eigenvalue weighted by Crippen LogP contribution is 2.24. The summed E-state index contributed by atoms with van der Waals surface area (Å²) in [6.45, 7) is 1.31. The molecule has 2 aliphatic heterocycles. The molecule has 1 saturated heterocycles. The molecule has 1 aromatic carbocycles. The highest BCUT2D eigenvalue weighted by Gasteiger charge is 2.36. The van der Waals surface area contributed by atoms with Crippen LogP contribution in [0.4, 0.5) is 4.79 Å². The van der Waals surface area contributed by atoms with Crippen molar-refractivity contribution in [3.63, 3.8) is 0 Å². The highest BCUT2D eigenvalue weighted by atomic mass is 16.7. The third-order valence-corrected chi connectivity index (χ3v) is 4.39. The van der Waals surface area contributed by atoms with Crippen LogP contribution in [-0.2, 0) is 4.84 Å². The molecule has 0 aliphatic carbocycles. The first-order valence-electron chi connectivity index (χ1n) is 7.66. The van der Waals surface area contributed by atoms with Gasteiger partial charge in [-0.05, 0) is 37.3 Å². The predicted molar refractivity (Wildman–Crippen MR) is 79.8 cm³/mol. The number of carbonyl (C=O) groups excluding carboxylic acids is 2. The van der Waals surface area contributed by atoms with Crippen LogP contribution >= 0.6 is 0 Å². The number of amides is 3. The fourth-order valence-corrected chi connectivity index (χ4v) is 3.01. The number of fused-ring (bicyclic) bond motifs is 1. The molecule has 0 radical (unpaired) electrons. The third-order valence-electron chi connectivity index (χ3n) is 4.39. The van der Waals surface area contributed by atoms with Crippen molar-refractivity contribution in [1.82, 2.24) is 9.96 Å². The first kappa shape index (κ1) is 15.5. The van der Waals surface area contributed by atoms with Crippen LogP contribution in [0.15, 0.2) is 24.3 Å². The van der Waals surface area contributed by atoms with Gasteiger partial charge in [0.15, 0.2) is 0 Å². The largest absolute Gasteiger partial charge is 0.465 e. The summed E-state index contributed by atoms with van der Waals surface area (Å²) in [6, 6.07) is 6.65. The van der Waals surface area contributed by atoms with Gasteiger partial charge in [0.25, 0.3) is 11.8 Å². The third kappa shape index (κ3) is 3.05. The summed E-state index contributed by atoms with van der Waals surface area (Å²) in [4.78, 5) is 41.9. The Balaban J connectivity index is 1.48. The second kappa shape index (κ2) is 6.37. The Kier molecular flexibility index (Phi) is 4.29. The molecular weight excluding hydrogens is 300 g/mol. The fraction of sp³-hybridized carbons (Fsp3) is 0.438. The maximum Gasteiger partial charge on any atom is 0.407 e. The molecule has 0 bridgehead atoms. The minimum Gasteiger partial charge on any atom is -0.465 e. The second-order valence-corrected chi connectivity index (χ2v) is 5.79. The second-order valence-electron chi connectivity index (χ2n) is 5.79. The summed E-state index contributed by atoms with van der Waals surface area (Å²) in [6.07, 6.45) is 1.36. The van der Waals surface area contributed by atoms with Crippen molar-refractivity contribution in [3.05, 3.63) is 35.4 Å². The maximum absolute atomic E-state index is 12.1. The van der Waals surface area contributed by atoms with E-state index in [0.29, 0.717) is 36.6 Å². The van der Waals surface area contributed by atoms with E-state index >= 15 is 0 Å². The molecule has 1 fully saturated rings. The topological polar surface area (TPSA) is 87.2 Å². The van der Waals surface area contributed by atoms with E-state index in [-0.39, 0.29) is 6.61 Å². The molecule has 3 rings (SSSR count). The van der Waals surface area contributed by atoms with Gasteiger partial charge in [0, 0.05) is 13.1 Å². The maximum atomic E-state index is 12.1. The molecule has 122 valence electrons. The highest BCUT2D eigenvalue weighted by molar-refractivity contribution is 6.20. The Morgan fingerprint density at radius 3 is 2.22 bits per heavy atom. The van der Waals surface area contributed by atoms with E-state index in [1.165, 1.54) is 4.90 Å². The molecule has 1 aromatic rings. The van der Waals surface area contributed by atoms with Crippen molar-refractivity contribution in [2.24, 2.45) is 5.92 Å². The van der Waals surface area contributed by atoms with Gasteiger partial charge in [-0.1, -0.05) is 12.1 Å². The van der Waals surface area contributed by atoms with Crippen molar-refractivity contribution in [2.45, 2.75) is 19.3 Å². The Labute approximate surface area is 133 Å². The fourth-order valence-electron chi connectivity index (χ4n) is 3.01. The zero-order valence-corrected chi connectivity index (χ0v) is 12.6. The molecule has 0 unspecified atom stereocenters. The van der Waals surface area contributed by atoms with Gasteiger partial charge in [-0.3, -0.25) is 14.4 Å². The summed E-state index contributed by atoms with van der Waals surface area (Å²) in [7, 11) is 0. The zero-order valence-electron chi connectivity index (χ0n) is 12.6. The van der Waals surface area contributed by atoms with Crippen LogP contribution in [0.5, 0.6) is 0 Å². The lowest BCUT2D eigenvalue weighted by Crippen LogP contribution is -2.38. The summed E-state index contributed by atoms with van der Waals surface area (Å²) in [5.41, 5.74) is 0.736. The van der Waals surface area contributed by atoms with Crippen LogP contribution in [0.3, 0.4) is 0 Å². The first-order chi connectivity index (χ1) is 11.1. The van der Waals surface area contributed by atoms with Crippen LogP contribution in [0.1, 0.15) is 40.0 Å². The van der Waals surface area contributed by atoms with E-state index in [2.05, 4.69) is 0 Å². The van der Waals surface area contributed by atoms with Crippen molar-refractivity contribution in [2.75, 3.05) is 19.7 Å². The monoisotopic (exact) mass is 318 g/mol. The molecule has 2 heterocycles. The van der Waals surface area contributed by atoms with E-state index in [4.69, 9.17) is 9.94 Å². The molecule has 1 N–H and O–H groups in total. The number of imide groups is 1. The minimum atomic E-state index is -0.884. The molecule has 3 amide bonds. The van der Waals surface area contributed by atoms with Crippen molar-refractivity contribution < 1.29 is 24.3 Å². The van der Waals surface area contributed by atoms with Gasteiger partial charge in [0.05, 0.1) is 17.7 Å². The lowest BCUT2D eigenvalue weighted by atomic mass is 9.94. The summed E-state index contributed by atoms with van der Waals surface area (Å²) in [5.74, 6) is -0.502. The Bertz CT molecular complexity index is 602. The van der Waals surface area contributed by atoms with Gasteiger partial charge in [-0.2, -0.15) is 0 Å². The van der Waals surface area contributed by atoms with Gasteiger partial charge in [-0.25, -0.2) is 4.79 Å². The number of rotatable bonds is 4. The standard InChI is InChI=1S/C16H18N2O5/c19-14-12-3-1-2-4-13(12)15(20)18(14)23-10-7-11-5-8-17(9-6-11)16(21)22/h1-4,11H,5-10H2,(H,21,22). The van der Waals surface area contributed by atoms with E-state index < -0.39 is 17.9 Å². The molecule has 7 heteroatoms. The minimum absolute atomic E-state index is 0.267. The van der Waals surface area contributed by atoms with Gasteiger partial charge >= 0.3 is 6.09 Å². The van der Waals surface area contributed by atoms with Crippen LogP contribution in [0.2, 0.25) is 0 Å². The van der Waals surface area contributed by atoms with E-state index in [1.54, 1.807) is 24.3 Å². The number of carboxylic acid groups (broad SMARTS) is 1. The number of nitrogens with zero attached hydrogens (tertiary/aromatic N) is 2. The molecule has 7 nitrogen and oxygen atoms in total. The molecule has 2 aliphatic rings. The number of piperidine rings is 1. The summed E-state index contributed by atoms with van der Waals surface area (Å²) in [5, 5.41) is 9.74. The predicted octanol–water partition coefficient (Wildman–Crippen LogP) is 1.99. The number of benzene rings is 1. The zero-order chi connectivity index (χ0) is 16.4. The Hall–Kier alpha value is -2.41. The average molecular weight is 318 g/mol. The summed E-state index contributed by atoms with van der Waals surface area (Å²) >= 11 is 0. The van der Waals surface area contributed by atoms with E-state index in [0.717, 1.165) is 17.9 Å². The van der Waals surface area contributed by atoms with Gasteiger partial charge in [0.1, 0.15) is 0 Å². The molecule has 0 atom stereocenters. The quantitative estimate of drug-likeness (QED) is 0.858. The number of carbonyl (C=O) groups is 3. The van der Waals surface area contributed by atoms with Crippen molar-refractivity contribution in [1.29, 1.82) is 0 Å². The first-order valence-corrected chi connectivity index (χ1v) is 7.66. The smallest absolute Gasteiger partial charge is 0.407 e. The van der Waals surface area contributed by atoms with Crippen LogP contribution < -0.4 is 0 Å². The van der Waals surface area contributed by atoms with Crippen LogP contribution in [0.25, 0.3) is 0 Å². The van der Waals surface area contributed by atoms with Crippen LogP contribution in [-0.4, -0.2) is 52.7 Å². The molecule has 23 heavy (non-hydrogen) atoms. The SMILES string of the molecule is O=C(O)N1CCC(CCON2C(=O)c3ccccc3C2=O)CC1. The number of hydrogen-bond acceptors (Lipinski definition) is 4. The van der Waals surface area contributed by atoms with Crippen molar-refractivity contribution >= 4 is 17.9 Å². The number of likely N-dealkylation sites (tertiary alicyclic amines) is 1. The lowest BCUT2D eigenvalue weighted by Gasteiger charge is -2.30. The summed E-state index contributed by atoms with van der Waals surface area (Å²) < 4.78 is 0. The van der Waals surface area contributed by atoms with E-state index in [9.17, 15) is 14.4 Å². The van der Waals surface area contributed by atoms with Gasteiger partial charge in [-0.15, -0.1) is 5.06 Å². The number of hydrogen-bond donors (Lipinski definition) is 1. The van der Waals surface area contributed by atoms with E-state index in [1.807, 2.05) is 0 Å². The molecule has 0 aromatic heterocycles. The van der Waals surface area contributed by atoms with Crippen LogP contribution in [0, 0.1) is 5.92 Å². The average Bonchev–Trinajstić information content (AvgIpc) is 2.81. The van der Waals surface area contributed by atoms with Crippen molar-refractivity contribution in [3.8, 4) is 0 Å². The lowest BCUT2D eigenvalue weighted by molar-refractivity contribution is -0.0957. The van der Waals surface area contributed by atoms with Gasteiger partial charge in [0.2, 0.25) is 0 Å².